The van der Waals surface area contributed by atoms with E-state index in [1.54, 1.807) is 23.5 Å². The van der Waals surface area contributed by atoms with Crippen LogP contribution < -0.4 is 18.9 Å². The van der Waals surface area contributed by atoms with Gasteiger partial charge in [0.25, 0.3) is 0 Å². The first-order valence-electron chi connectivity index (χ1n) is 20.3. The van der Waals surface area contributed by atoms with Gasteiger partial charge in [-0.1, -0.05) is 141 Å². The van der Waals surface area contributed by atoms with E-state index in [1.807, 2.05) is 135 Å². The highest BCUT2D eigenvalue weighted by Gasteiger charge is 2.43. The summed E-state index contributed by atoms with van der Waals surface area (Å²) in [6.07, 6.45) is 0.388. The third kappa shape index (κ3) is 8.96. The monoisotopic (exact) mass is 959 g/mol. The molecule has 0 bridgehead atoms. The minimum Gasteiger partial charge on any atom is -0.496 e. The highest BCUT2D eigenvalue weighted by Crippen LogP contribution is 2.52. The first-order valence-corrected chi connectivity index (χ1v) is 23.9. The molecule has 0 aliphatic carbocycles. The van der Waals surface area contributed by atoms with E-state index in [4.69, 9.17) is 18.9 Å². The number of hydrogen-bond donors (Lipinski definition) is 0. The molecule has 312 valence electrons. The van der Waals surface area contributed by atoms with Crippen LogP contribution in [0.3, 0.4) is 0 Å². The largest absolute Gasteiger partial charge is 0.496 e. The number of benzene rings is 7. The van der Waals surface area contributed by atoms with Gasteiger partial charge in [0.05, 0.1) is 23.4 Å². The quantitative estimate of drug-likeness (QED) is 0.0953. The van der Waals surface area contributed by atoms with Crippen molar-refractivity contribution in [1.29, 1.82) is 0 Å². The molecule has 7 aromatic carbocycles. The van der Waals surface area contributed by atoms with Crippen molar-refractivity contribution in [3.05, 3.63) is 185 Å². The average molecular weight is 962 g/mol. The maximum Gasteiger partial charge on any atom is 0.243 e. The number of nitrogens with zero attached hydrogens (tertiary/aromatic N) is 1. The first kappa shape index (κ1) is 42.6. The molecule has 0 radical (unpaired) electrons. The molecule has 0 amide bonds. The fraction of sp³-hybridized carbons (Fsp3) is 0.216. The molecule has 2 atom stereocenters. The Labute approximate surface area is 375 Å². The van der Waals surface area contributed by atoms with Crippen LogP contribution in [0.4, 0.5) is 0 Å². The van der Waals surface area contributed by atoms with Gasteiger partial charge in [0.15, 0.2) is 0 Å². The Balaban J connectivity index is 1.38. The van der Waals surface area contributed by atoms with Crippen molar-refractivity contribution in [1.82, 2.24) is 4.31 Å². The molecule has 1 aliphatic heterocycles. The number of ether oxygens (including phenoxy) is 4. The molecule has 0 saturated carbocycles. The number of fused-ring (bicyclic) bond motifs is 2. The number of methoxy groups -OCH3 is 1. The van der Waals surface area contributed by atoms with Crippen molar-refractivity contribution in [3.8, 4) is 34.1 Å². The van der Waals surface area contributed by atoms with Crippen molar-refractivity contribution < 1.29 is 27.4 Å². The molecule has 0 unspecified atom stereocenters. The van der Waals surface area contributed by atoms with Gasteiger partial charge in [0.1, 0.15) is 42.8 Å². The third-order valence-electron chi connectivity index (χ3n) is 11.2. The van der Waals surface area contributed by atoms with E-state index in [0.717, 1.165) is 60.8 Å². The summed E-state index contributed by atoms with van der Waals surface area (Å²) in [7, 11) is -2.28. The topological polar surface area (TPSA) is 74.3 Å². The van der Waals surface area contributed by atoms with Gasteiger partial charge in [0.2, 0.25) is 10.0 Å². The standard InChI is InChI=1S/C51H47Br2NO6S/c1-34-19-21-41(22-20-34)61(55,56)54-35(2)49-44(27-40(54)30-53)50(48(60-33-38-17-11-6-12-18-38)28-47(49)59-32-37-15-9-5-10-16-37)42-23-24-45(58-31-36-13-7-4-8-14-36)51-43(42)25-39(29-52)26-46(51)57-3/h4-26,28,35,40H,27,29-33H2,1-3H3/t35-,40+/m1/s1. The van der Waals surface area contributed by atoms with Crippen LogP contribution in [-0.2, 0) is 41.6 Å². The van der Waals surface area contributed by atoms with Gasteiger partial charge >= 0.3 is 0 Å². The summed E-state index contributed by atoms with van der Waals surface area (Å²) in [4.78, 5) is 0.251. The second-order valence-corrected chi connectivity index (χ2v) is 18.3. The molecule has 0 fully saturated rings. The van der Waals surface area contributed by atoms with E-state index in [9.17, 15) is 8.42 Å². The van der Waals surface area contributed by atoms with Gasteiger partial charge in [-0.15, -0.1) is 0 Å². The predicted octanol–water partition coefficient (Wildman–Crippen LogP) is 12.5. The number of rotatable bonds is 15. The van der Waals surface area contributed by atoms with Crippen LogP contribution in [0.5, 0.6) is 23.0 Å². The summed E-state index contributed by atoms with van der Waals surface area (Å²) in [6, 6.07) is 46.5. The van der Waals surface area contributed by atoms with Crippen molar-refractivity contribution >= 4 is 52.7 Å². The van der Waals surface area contributed by atoms with Crippen molar-refractivity contribution in [2.24, 2.45) is 0 Å². The Morgan fingerprint density at radius 1 is 0.639 bits per heavy atom. The Hall–Kier alpha value is -5.13. The van der Waals surface area contributed by atoms with Crippen LogP contribution >= 0.6 is 31.9 Å². The minimum atomic E-state index is -3.96. The van der Waals surface area contributed by atoms with Crippen molar-refractivity contribution in [2.75, 3.05) is 12.4 Å². The second kappa shape index (κ2) is 18.9. The number of alkyl halides is 2. The lowest BCUT2D eigenvalue weighted by Gasteiger charge is -2.42. The first-order chi connectivity index (χ1) is 29.7. The van der Waals surface area contributed by atoms with E-state index in [0.29, 0.717) is 53.3 Å². The van der Waals surface area contributed by atoms with Gasteiger partial charge in [-0.25, -0.2) is 8.42 Å². The number of sulfonamides is 1. The van der Waals surface area contributed by atoms with Crippen LogP contribution in [0, 0.1) is 6.92 Å². The van der Waals surface area contributed by atoms with Crippen molar-refractivity contribution in [3.63, 3.8) is 0 Å². The molecule has 1 aliphatic rings. The molecular weight excluding hydrogens is 914 g/mol. The van der Waals surface area contributed by atoms with E-state index >= 15 is 0 Å². The lowest BCUT2D eigenvalue weighted by atomic mass is 9.82. The van der Waals surface area contributed by atoms with Gasteiger partial charge < -0.3 is 18.9 Å². The summed E-state index contributed by atoms with van der Waals surface area (Å²) in [6.45, 7) is 4.89. The maximum atomic E-state index is 14.8. The molecule has 7 nitrogen and oxygen atoms in total. The van der Waals surface area contributed by atoms with Crippen LogP contribution in [0.15, 0.2) is 150 Å². The van der Waals surface area contributed by atoms with Gasteiger partial charge in [0, 0.05) is 33.9 Å². The molecule has 8 rings (SSSR count). The smallest absolute Gasteiger partial charge is 0.243 e. The Morgan fingerprint density at radius 2 is 1.20 bits per heavy atom. The fourth-order valence-electron chi connectivity index (χ4n) is 8.28. The summed E-state index contributed by atoms with van der Waals surface area (Å²) in [5.41, 5.74) is 8.60. The SMILES string of the molecule is COc1cc(CBr)cc2c(-c3c(OCc4ccccc4)cc(OCc4ccccc4)c4c3C[C@@H](CBr)N(S(=O)(=O)c3ccc(C)cc3)[C@@H]4C)ccc(OCc3ccccc3)c12. The lowest BCUT2D eigenvalue weighted by molar-refractivity contribution is 0.239. The van der Waals surface area contributed by atoms with Gasteiger partial charge in [-0.3, -0.25) is 0 Å². The Kier molecular flexibility index (Phi) is 13.2. The average Bonchev–Trinajstić information content (AvgIpc) is 3.29. The van der Waals surface area contributed by atoms with Crippen LogP contribution in [0.1, 0.15) is 51.9 Å². The predicted molar refractivity (Wildman–Crippen MR) is 251 cm³/mol. The zero-order valence-electron chi connectivity index (χ0n) is 34.3. The molecule has 10 heteroatoms. The highest BCUT2D eigenvalue weighted by atomic mass is 79.9. The van der Waals surface area contributed by atoms with E-state index in [1.165, 1.54) is 0 Å². The number of hydrogen-bond acceptors (Lipinski definition) is 6. The zero-order chi connectivity index (χ0) is 42.5. The molecule has 7 aromatic rings. The molecule has 0 aromatic heterocycles. The Bertz CT molecular complexity index is 2730. The summed E-state index contributed by atoms with van der Waals surface area (Å²) < 4.78 is 57.6. The molecule has 0 saturated heterocycles. The van der Waals surface area contributed by atoms with Crippen LogP contribution in [0.2, 0.25) is 0 Å². The molecule has 61 heavy (non-hydrogen) atoms. The van der Waals surface area contributed by atoms with E-state index in [2.05, 4.69) is 44.0 Å². The maximum absolute atomic E-state index is 14.8. The van der Waals surface area contributed by atoms with Crippen LogP contribution in [0.25, 0.3) is 21.9 Å². The van der Waals surface area contributed by atoms with Crippen LogP contribution in [-0.4, -0.2) is 31.2 Å². The zero-order valence-corrected chi connectivity index (χ0v) is 38.3. The molecule has 1 heterocycles. The van der Waals surface area contributed by atoms with E-state index < -0.39 is 22.1 Å². The number of halogens is 2. The molecular formula is C51H47Br2NO6S. The molecule has 0 spiro atoms. The van der Waals surface area contributed by atoms with Gasteiger partial charge in [-0.2, -0.15) is 4.31 Å². The highest BCUT2D eigenvalue weighted by molar-refractivity contribution is 9.09. The van der Waals surface area contributed by atoms with Crippen molar-refractivity contribution in [2.45, 2.75) is 62.4 Å². The second-order valence-electron chi connectivity index (χ2n) is 15.3. The summed E-state index contributed by atoms with van der Waals surface area (Å²) in [5, 5.41) is 2.76. The fourth-order valence-corrected chi connectivity index (χ4v) is 11.1. The number of aryl methyl sites for hydroxylation is 1. The summed E-state index contributed by atoms with van der Waals surface area (Å²) >= 11 is 7.48. The van der Waals surface area contributed by atoms with Gasteiger partial charge in [-0.05, 0) is 95.4 Å². The minimum absolute atomic E-state index is 0.251. The third-order valence-corrected chi connectivity index (χ3v) is 14.7. The summed E-state index contributed by atoms with van der Waals surface area (Å²) in [5.74, 6) is 2.57. The lowest BCUT2D eigenvalue weighted by Crippen LogP contribution is -2.47. The Morgan fingerprint density at radius 3 is 1.74 bits per heavy atom. The van der Waals surface area contributed by atoms with E-state index in [-0.39, 0.29) is 11.5 Å². The molecule has 0 N–H and O–H groups in total. The normalized spacial score (nSPS) is 15.3.